The average Bonchev–Trinajstić information content (AvgIpc) is 2.96. The Morgan fingerprint density at radius 1 is 1.17 bits per heavy atom. The fourth-order valence-corrected chi connectivity index (χ4v) is 4.41. The van der Waals surface area contributed by atoms with Crippen molar-refractivity contribution in [3.05, 3.63) is 59.7 Å². The lowest BCUT2D eigenvalue weighted by molar-refractivity contribution is 0.102. The van der Waals surface area contributed by atoms with Crippen LogP contribution >= 0.6 is 11.8 Å². The van der Waals surface area contributed by atoms with E-state index in [1.165, 1.54) is 22.3 Å². The third-order valence-corrected chi connectivity index (χ3v) is 5.96. The Kier molecular flexibility index (Phi) is 4.46. The molecular formula is C17H17NO3S2. The summed E-state index contributed by atoms with van der Waals surface area (Å²) in [6.07, 6.45) is 1.85. The molecule has 0 aromatic heterocycles. The molecule has 23 heavy (non-hydrogen) atoms. The molecule has 0 fully saturated rings. The molecule has 3 rings (SSSR count). The molecule has 0 radical (unpaired) electrons. The highest BCUT2D eigenvalue weighted by atomic mass is 32.2. The van der Waals surface area contributed by atoms with E-state index in [0.29, 0.717) is 30.0 Å². The normalized spacial score (nSPS) is 13.9. The van der Waals surface area contributed by atoms with Gasteiger partial charge in [0, 0.05) is 17.0 Å². The zero-order valence-corrected chi connectivity index (χ0v) is 14.4. The first-order valence-electron chi connectivity index (χ1n) is 7.27. The largest absolute Gasteiger partial charge is 0.293 e. The van der Waals surface area contributed by atoms with Gasteiger partial charge in [0.1, 0.15) is 0 Å². The first-order chi connectivity index (χ1) is 10.9. The number of Topliss-reactive ketones (excluding diaryl/α,β-unsaturated/α-hetero) is 1. The Balaban J connectivity index is 1.74. The van der Waals surface area contributed by atoms with Crippen LogP contribution in [0.1, 0.15) is 15.9 Å². The smallest absolute Gasteiger partial charge is 0.232 e. The van der Waals surface area contributed by atoms with E-state index in [1.807, 2.05) is 36.4 Å². The van der Waals surface area contributed by atoms with Crippen LogP contribution in [0.4, 0.5) is 5.69 Å². The lowest BCUT2D eigenvalue weighted by Gasteiger charge is -2.16. The number of anilines is 1. The van der Waals surface area contributed by atoms with Gasteiger partial charge in [0.25, 0.3) is 0 Å². The third kappa shape index (κ3) is 3.59. The van der Waals surface area contributed by atoms with Crippen LogP contribution in [-0.2, 0) is 16.4 Å². The average molecular weight is 347 g/mol. The molecule has 0 saturated carbocycles. The number of rotatable bonds is 5. The van der Waals surface area contributed by atoms with Crippen LogP contribution in [-0.4, -0.2) is 32.8 Å². The quantitative estimate of drug-likeness (QED) is 0.616. The van der Waals surface area contributed by atoms with Gasteiger partial charge >= 0.3 is 0 Å². The molecule has 2 aromatic carbocycles. The summed E-state index contributed by atoms with van der Waals surface area (Å²) in [7, 11) is -3.25. The van der Waals surface area contributed by atoms with Crippen LogP contribution < -0.4 is 4.31 Å². The number of hydrogen-bond acceptors (Lipinski definition) is 4. The van der Waals surface area contributed by atoms with Gasteiger partial charge in [-0.3, -0.25) is 9.10 Å². The van der Waals surface area contributed by atoms with E-state index < -0.39 is 10.0 Å². The second-order valence-corrected chi connectivity index (χ2v) is 8.41. The summed E-state index contributed by atoms with van der Waals surface area (Å²) in [4.78, 5) is 13.4. The minimum Gasteiger partial charge on any atom is -0.293 e. The highest BCUT2D eigenvalue weighted by Gasteiger charge is 2.26. The summed E-state index contributed by atoms with van der Waals surface area (Å²) < 4.78 is 24.9. The molecule has 4 nitrogen and oxygen atoms in total. The number of sulfonamides is 1. The fraction of sp³-hybridized carbons (Fsp3) is 0.235. The van der Waals surface area contributed by atoms with Crippen molar-refractivity contribution < 1.29 is 13.2 Å². The summed E-state index contributed by atoms with van der Waals surface area (Å²) in [6, 6.07) is 15.1. The maximum absolute atomic E-state index is 12.3. The maximum atomic E-state index is 12.3. The third-order valence-electron chi connectivity index (χ3n) is 3.77. The van der Waals surface area contributed by atoms with Gasteiger partial charge in [-0.15, -0.1) is 11.8 Å². The van der Waals surface area contributed by atoms with Gasteiger partial charge in [0.2, 0.25) is 10.0 Å². The van der Waals surface area contributed by atoms with Crippen LogP contribution in [0.2, 0.25) is 0 Å². The molecule has 0 N–H and O–H groups in total. The number of carbonyl (C=O) groups is 1. The van der Waals surface area contributed by atoms with Gasteiger partial charge in [-0.2, -0.15) is 0 Å². The number of thioether (sulfide) groups is 1. The van der Waals surface area contributed by atoms with Crippen molar-refractivity contribution in [1.82, 2.24) is 0 Å². The standard InChI is InChI=1S/C17H17NO3S2/c1-23(20,21)18-10-9-13-11-14(7-8-16(13)18)17(19)12-22-15-5-3-2-4-6-15/h2-8,11H,9-10,12H2,1H3. The number of fused-ring (bicyclic) bond motifs is 1. The summed E-state index contributed by atoms with van der Waals surface area (Å²) in [5.74, 6) is 0.429. The van der Waals surface area contributed by atoms with E-state index in [9.17, 15) is 13.2 Å². The summed E-state index contributed by atoms with van der Waals surface area (Å²) >= 11 is 1.51. The summed E-state index contributed by atoms with van der Waals surface area (Å²) in [6.45, 7) is 0.449. The van der Waals surface area contributed by atoms with Gasteiger partial charge in [0.15, 0.2) is 5.78 Å². The molecule has 0 aliphatic carbocycles. The van der Waals surface area contributed by atoms with Crippen LogP contribution in [0.15, 0.2) is 53.4 Å². The Labute approximate surface area is 140 Å². The van der Waals surface area contributed by atoms with Crippen LogP contribution in [0.5, 0.6) is 0 Å². The molecule has 1 aliphatic rings. The molecule has 1 aliphatic heterocycles. The van der Waals surface area contributed by atoms with Crippen molar-refractivity contribution in [1.29, 1.82) is 0 Å². The highest BCUT2D eigenvalue weighted by molar-refractivity contribution is 8.00. The monoisotopic (exact) mass is 347 g/mol. The van der Waals surface area contributed by atoms with Crippen molar-refractivity contribution in [3.63, 3.8) is 0 Å². The number of benzene rings is 2. The van der Waals surface area contributed by atoms with E-state index in [-0.39, 0.29) is 5.78 Å². The summed E-state index contributed by atoms with van der Waals surface area (Å²) in [5, 5.41) is 0. The van der Waals surface area contributed by atoms with E-state index >= 15 is 0 Å². The van der Waals surface area contributed by atoms with Crippen molar-refractivity contribution in [3.8, 4) is 0 Å². The van der Waals surface area contributed by atoms with Gasteiger partial charge in [-0.05, 0) is 42.3 Å². The number of ketones is 1. The molecule has 1 heterocycles. The fourth-order valence-electron chi connectivity index (χ4n) is 2.64. The zero-order chi connectivity index (χ0) is 16.4. The van der Waals surface area contributed by atoms with Crippen molar-refractivity contribution >= 4 is 33.3 Å². The number of carbonyl (C=O) groups excluding carboxylic acids is 1. The molecule has 120 valence electrons. The Morgan fingerprint density at radius 3 is 2.61 bits per heavy atom. The van der Waals surface area contributed by atoms with Gasteiger partial charge in [0.05, 0.1) is 17.7 Å². The lowest BCUT2D eigenvalue weighted by atomic mass is 10.1. The van der Waals surface area contributed by atoms with E-state index in [0.717, 1.165) is 10.5 Å². The second-order valence-electron chi connectivity index (χ2n) is 5.45. The minimum absolute atomic E-state index is 0.0551. The van der Waals surface area contributed by atoms with E-state index in [4.69, 9.17) is 0 Å². The molecule has 0 bridgehead atoms. The molecular weight excluding hydrogens is 330 g/mol. The first-order valence-corrected chi connectivity index (χ1v) is 10.1. The second kappa shape index (κ2) is 6.37. The lowest BCUT2D eigenvalue weighted by Crippen LogP contribution is -2.27. The Hall–Kier alpha value is -1.79. The molecule has 0 saturated heterocycles. The zero-order valence-electron chi connectivity index (χ0n) is 12.7. The van der Waals surface area contributed by atoms with Gasteiger partial charge < -0.3 is 0 Å². The topological polar surface area (TPSA) is 54.5 Å². The molecule has 0 spiro atoms. The predicted molar refractivity (Wildman–Crippen MR) is 93.8 cm³/mol. The number of hydrogen-bond donors (Lipinski definition) is 0. The molecule has 6 heteroatoms. The van der Waals surface area contributed by atoms with Crippen molar-refractivity contribution in [2.24, 2.45) is 0 Å². The van der Waals surface area contributed by atoms with E-state index in [1.54, 1.807) is 12.1 Å². The van der Waals surface area contributed by atoms with Crippen LogP contribution in [0.25, 0.3) is 0 Å². The molecule has 2 aromatic rings. The number of nitrogens with zero attached hydrogens (tertiary/aromatic N) is 1. The first kappa shape index (κ1) is 16.1. The van der Waals surface area contributed by atoms with Crippen molar-refractivity contribution in [2.45, 2.75) is 11.3 Å². The SMILES string of the molecule is CS(=O)(=O)N1CCc2cc(C(=O)CSc3ccccc3)ccc21. The molecule has 0 amide bonds. The minimum atomic E-state index is -3.25. The predicted octanol–water partition coefficient (Wildman–Crippen LogP) is 2.98. The van der Waals surface area contributed by atoms with Crippen LogP contribution in [0, 0.1) is 0 Å². The summed E-state index contributed by atoms with van der Waals surface area (Å²) in [5.41, 5.74) is 2.26. The highest BCUT2D eigenvalue weighted by Crippen LogP contribution is 2.31. The van der Waals surface area contributed by atoms with Crippen molar-refractivity contribution in [2.75, 3.05) is 22.9 Å². The molecule has 0 unspecified atom stereocenters. The Morgan fingerprint density at radius 2 is 1.91 bits per heavy atom. The Bertz CT molecular complexity index is 832. The van der Waals surface area contributed by atoms with Crippen LogP contribution in [0.3, 0.4) is 0 Å². The van der Waals surface area contributed by atoms with E-state index in [2.05, 4.69) is 0 Å². The maximum Gasteiger partial charge on any atom is 0.232 e. The van der Waals surface area contributed by atoms with Gasteiger partial charge in [-0.1, -0.05) is 18.2 Å². The van der Waals surface area contributed by atoms with Gasteiger partial charge in [-0.25, -0.2) is 8.42 Å². The molecule has 0 atom stereocenters.